The number of thioether (sulfide) groups is 1. The van der Waals surface area contributed by atoms with Crippen LogP contribution in [-0.4, -0.2) is 9.97 Å². The molecule has 4 aromatic carbocycles. The van der Waals surface area contributed by atoms with Crippen molar-refractivity contribution < 1.29 is 0 Å². The maximum atomic E-state index is 4.73. The molecular formula is C30H21N3S2. The minimum atomic E-state index is 0.205. The van der Waals surface area contributed by atoms with Gasteiger partial charge in [-0.3, -0.25) is 9.97 Å². The molecule has 1 aliphatic heterocycles. The Morgan fingerprint density at radius 1 is 0.686 bits per heavy atom. The fraction of sp³-hybridized carbons (Fsp3) is 0.0667. The molecule has 0 amide bonds. The van der Waals surface area contributed by atoms with E-state index in [4.69, 9.17) is 4.98 Å². The van der Waals surface area contributed by atoms with E-state index in [1.165, 1.54) is 43.4 Å². The lowest BCUT2D eigenvalue weighted by Crippen LogP contribution is -2.08. The number of nitrogens with zero attached hydrogens (tertiary/aromatic N) is 2. The van der Waals surface area contributed by atoms with Crippen molar-refractivity contribution in [1.82, 2.24) is 15.3 Å². The van der Waals surface area contributed by atoms with Gasteiger partial charge < -0.3 is 5.32 Å². The van der Waals surface area contributed by atoms with Crippen molar-refractivity contribution in [3.63, 3.8) is 0 Å². The Labute approximate surface area is 213 Å². The molecule has 0 saturated carbocycles. The van der Waals surface area contributed by atoms with E-state index in [0.29, 0.717) is 5.75 Å². The molecule has 0 fully saturated rings. The van der Waals surface area contributed by atoms with Gasteiger partial charge in [0.1, 0.15) is 5.37 Å². The van der Waals surface area contributed by atoms with Crippen molar-refractivity contribution in [3.05, 3.63) is 108 Å². The molecule has 168 valence electrons. The normalized spacial score (nSPS) is 15.4. The first-order chi connectivity index (χ1) is 17.3. The third-order valence-electron chi connectivity index (χ3n) is 6.77. The molecule has 0 radical (unpaired) electrons. The summed E-state index contributed by atoms with van der Waals surface area (Å²) < 4.78 is 0. The summed E-state index contributed by atoms with van der Waals surface area (Å²) in [5, 5.41) is 13.2. The van der Waals surface area contributed by atoms with Gasteiger partial charge in [-0.1, -0.05) is 36.4 Å². The summed E-state index contributed by atoms with van der Waals surface area (Å²) in [5.74, 6) is 0.650. The van der Waals surface area contributed by atoms with E-state index in [1.807, 2.05) is 18.6 Å². The number of aromatic nitrogens is 2. The first-order valence-corrected chi connectivity index (χ1v) is 13.2. The lowest BCUT2D eigenvalue weighted by Gasteiger charge is -2.15. The summed E-state index contributed by atoms with van der Waals surface area (Å²) in [6.07, 6.45) is 5.91. The van der Waals surface area contributed by atoms with E-state index in [9.17, 15) is 0 Å². The van der Waals surface area contributed by atoms with Crippen LogP contribution in [0.5, 0.6) is 0 Å². The van der Waals surface area contributed by atoms with Gasteiger partial charge in [-0.15, -0.1) is 11.8 Å². The first-order valence-electron chi connectivity index (χ1n) is 11.6. The molecule has 1 atom stereocenters. The quantitative estimate of drug-likeness (QED) is 0.195. The maximum Gasteiger partial charge on any atom is 0.119 e. The summed E-state index contributed by atoms with van der Waals surface area (Å²) in [7, 11) is 0. The van der Waals surface area contributed by atoms with E-state index in [0.717, 1.165) is 22.5 Å². The Kier molecular flexibility index (Phi) is 4.93. The number of rotatable bonds is 4. The second kappa shape index (κ2) is 8.29. The first kappa shape index (κ1) is 20.8. The van der Waals surface area contributed by atoms with E-state index < -0.39 is 0 Å². The summed E-state index contributed by atoms with van der Waals surface area (Å²) in [4.78, 5) is 9.26. The summed E-state index contributed by atoms with van der Waals surface area (Å²) >= 11 is 6.07. The highest BCUT2D eigenvalue weighted by atomic mass is 32.2. The Morgan fingerprint density at radius 3 is 1.69 bits per heavy atom. The number of hydrogen-bond donors (Lipinski definition) is 2. The van der Waals surface area contributed by atoms with E-state index in [1.54, 1.807) is 11.8 Å². The number of benzene rings is 4. The molecule has 1 aliphatic rings. The molecule has 0 saturated heterocycles. The highest BCUT2D eigenvalue weighted by molar-refractivity contribution is 8.02. The lowest BCUT2D eigenvalue weighted by molar-refractivity contribution is 0.828. The smallest absolute Gasteiger partial charge is 0.119 e. The molecule has 2 aromatic heterocycles. The van der Waals surface area contributed by atoms with Gasteiger partial charge in [0.05, 0.1) is 5.69 Å². The van der Waals surface area contributed by atoms with Gasteiger partial charge in [0.2, 0.25) is 0 Å². The van der Waals surface area contributed by atoms with Crippen LogP contribution in [0.4, 0.5) is 0 Å². The van der Waals surface area contributed by atoms with E-state index >= 15 is 0 Å². The summed E-state index contributed by atoms with van der Waals surface area (Å²) in [6.45, 7) is 0. The molecule has 3 nitrogen and oxygen atoms in total. The molecule has 0 spiro atoms. The van der Waals surface area contributed by atoms with Crippen molar-refractivity contribution in [1.29, 1.82) is 0 Å². The second-order valence-electron chi connectivity index (χ2n) is 8.88. The van der Waals surface area contributed by atoms with Gasteiger partial charge in [-0.2, -0.15) is 12.6 Å². The molecular weight excluding hydrogens is 466 g/mol. The molecule has 0 aliphatic carbocycles. The fourth-order valence-corrected chi connectivity index (χ4v) is 5.97. The highest BCUT2D eigenvalue weighted by Gasteiger charge is 2.15. The molecule has 6 aromatic rings. The minimum Gasteiger partial charge on any atom is -0.374 e. The van der Waals surface area contributed by atoms with Crippen molar-refractivity contribution in [3.8, 4) is 22.3 Å². The zero-order valence-electron chi connectivity index (χ0n) is 18.8. The van der Waals surface area contributed by atoms with Crippen molar-refractivity contribution in [2.24, 2.45) is 0 Å². The van der Waals surface area contributed by atoms with Crippen LogP contribution in [0.15, 0.2) is 96.8 Å². The molecule has 35 heavy (non-hydrogen) atoms. The molecule has 7 rings (SSSR count). The second-order valence-corrected chi connectivity index (χ2v) is 10.2. The molecule has 5 heteroatoms. The Hall–Kier alpha value is -3.54. The SMILES string of the molecule is SCc1ccc(-c2cc3ccc4cc(-c5ccc(C6NC=CS6)nc5)cc5ccc(c2)c3c45)cn1. The molecule has 1 unspecified atom stereocenters. The molecule has 0 bridgehead atoms. The summed E-state index contributed by atoms with van der Waals surface area (Å²) in [5.41, 5.74) is 6.67. The van der Waals surface area contributed by atoms with Gasteiger partial charge in [0.15, 0.2) is 0 Å². The largest absolute Gasteiger partial charge is 0.374 e. The lowest BCUT2D eigenvalue weighted by atomic mass is 9.90. The van der Waals surface area contributed by atoms with Crippen molar-refractivity contribution in [2.75, 3.05) is 0 Å². The van der Waals surface area contributed by atoms with Crippen LogP contribution >= 0.6 is 24.4 Å². The minimum absolute atomic E-state index is 0.205. The topological polar surface area (TPSA) is 37.8 Å². The average Bonchev–Trinajstić information content (AvgIpc) is 3.46. The predicted molar refractivity (Wildman–Crippen MR) is 152 cm³/mol. The third-order valence-corrected chi connectivity index (χ3v) is 8.04. The molecule has 1 N–H and O–H groups in total. The van der Waals surface area contributed by atoms with Gasteiger partial charge in [0.25, 0.3) is 0 Å². The number of thiol groups is 1. The van der Waals surface area contributed by atoms with Gasteiger partial charge in [-0.25, -0.2) is 0 Å². The molecule has 3 heterocycles. The highest BCUT2D eigenvalue weighted by Crippen LogP contribution is 2.39. The van der Waals surface area contributed by atoms with Crippen LogP contribution in [0, 0.1) is 0 Å². The number of nitrogens with one attached hydrogen (secondary N) is 1. The van der Waals surface area contributed by atoms with Crippen LogP contribution in [-0.2, 0) is 5.75 Å². The van der Waals surface area contributed by atoms with Gasteiger partial charge >= 0.3 is 0 Å². The van der Waals surface area contributed by atoms with Crippen molar-refractivity contribution >= 4 is 56.7 Å². The Bertz CT molecular complexity index is 1650. The van der Waals surface area contributed by atoms with Crippen LogP contribution in [0.2, 0.25) is 0 Å². The zero-order valence-corrected chi connectivity index (χ0v) is 20.5. The Balaban J connectivity index is 1.32. The van der Waals surface area contributed by atoms with E-state index in [2.05, 4.69) is 101 Å². The monoisotopic (exact) mass is 487 g/mol. The Morgan fingerprint density at radius 2 is 1.26 bits per heavy atom. The average molecular weight is 488 g/mol. The van der Waals surface area contributed by atoms with E-state index in [-0.39, 0.29) is 5.37 Å². The summed E-state index contributed by atoms with van der Waals surface area (Å²) in [6, 6.07) is 26.6. The maximum absolute atomic E-state index is 4.73. The van der Waals surface area contributed by atoms with Gasteiger partial charge in [-0.05, 0) is 85.3 Å². The van der Waals surface area contributed by atoms with Crippen LogP contribution in [0.3, 0.4) is 0 Å². The number of pyridine rings is 2. The predicted octanol–water partition coefficient (Wildman–Crippen LogP) is 7.94. The standard InChI is InChI=1S/C30H21N3S2/c34-17-26-7-5-22(15-32-26)24-11-18-1-3-20-13-25(14-21-4-2-19(12-24)28(18)29(20)21)23-6-8-27(33-16-23)30-31-9-10-35-30/h1-16,30-31,34H,17H2. The van der Waals surface area contributed by atoms with Crippen LogP contribution in [0.25, 0.3) is 54.6 Å². The van der Waals surface area contributed by atoms with Crippen LogP contribution < -0.4 is 5.32 Å². The van der Waals surface area contributed by atoms with Crippen molar-refractivity contribution in [2.45, 2.75) is 11.1 Å². The third kappa shape index (κ3) is 3.54. The van der Waals surface area contributed by atoms with Crippen LogP contribution in [0.1, 0.15) is 16.8 Å². The van der Waals surface area contributed by atoms with Gasteiger partial charge in [0, 0.05) is 41.2 Å². The number of hydrogen-bond acceptors (Lipinski definition) is 5. The zero-order chi connectivity index (χ0) is 23.4. The fourth-order valence-electron chi connectivity index (χ4n) is 5.03.